The third-order valence-electron chi connectivity index (χ3n) is 3.16. The Balaban J connectivity index is 2.18. The first kappa shape index (κ1) is 15.0. The highest BCUT2D eigenvalue weighted by Gasteiger charge is 2.44. The summed E-state index contributed by atoms with van der Waals surface area (Å²) < 4.78 is 5.10. The molecule has 4 amide bonds. The van der Waals surface area contributed by atoms with Gasteiger partial charge >= 0.3 is 17.8 Å². The molecule has 1 heterocycles. The Hall–Kier alpha value is -2.37. The van der Waals surface area contributed by atoms with Crippen LogP contribution in [0.2, 0.25) is 0 Å². The number of nitrogens with zero attached hydrogens (tertiary/aromatic N) is 2. The lowest BCUT2D eigenvalue weighted by atomic mass is 10.2. The summed E-state index contributed by atoms with van der Waals surface area (Å²) in [6, 6.07) is 6.50. The minimum absolute atomic E-state index is 0.0647. The maximum atomic E-state index is 12.2. The average Bonchev–Trinajstić information content (AvgIpc) is 2.65. The zero-order valence-corrected chi connectivity index (χ0v) is 12.3. The molecule has 0 bridgehead atoms. The molecule has 6 nitrogen and oxygen atoms in total. The second-order valence-electron chi connectivity index (χ2n) is 5.34. The van der Waals surface area contributed by atoms with E-state index >= 15 is 0 Å². The van der Waals surface area contributed by atoms with Gasteiger partial charge in [-0.15, -0.1) is 0 Å². The van der Waals surface area contributed by atoms with Crippen molar-refractivity contribution in [3.63, 3.8) is 0 Å². The molecule has 0 spiro atoms. The first-order valence-corrected chi connectivity index (χ1v) is 6.74. The van der Waals surface area contributed by atoms with Gasteiger partial charge in [0.1, 0.15) is 5.75 Å². The number of carbonyl (C=O) groups is 3. The van der Waals surface area contributed by atoms with Crippen LogP contribution in [-0.4, -0.2) is 41.3 Å². The Morgan fingerprint density at radius 1 is 1.10 bits per heavy atom. The number of methoxy groups -OCH3 is 1. The third kappa shape index (κ3) is 3.04. The molecule has 0 radical (unpaired) electrons. The van der Waals surface area contributed by atoms with E-state index in [4.69, 9.17) is 4.74 Å². The number of ether oxygens (including phenoxy) is 1. The van der Waals surface area contributed by atoms with E-state index in [2.05, 4.69) is 0 Å². The number of hydrogen-bond acceptors (Lipinski definition) is 4. The normalized spacial score (nSPS) is 15.3. The Kier molecular flexibility index (Phi) is 4.26. The number of rotatable bonds is 5. The van der Waals surface area contributed by atoms with Gasteiger partial charge in [0.05, 0.1) is 13.7 Å². The highest BCUT2D eigenvalue weighted by atomic mass is 16.5. The van der Waals surface area contributed by atoms with Gasteiger partial charge in [-0.25, -0.2) is 4.79 Å². The van der Waals surface area contributed by atoms with Crippen LogP contribution in [0, 0.1) is 5.92 Å². The number of benzene rings is 1. The molecule has 1 aliphatic heterocycles. The van der Waals surface area contributed by atoms with Crippen molar-refractivity contribution in [2.24, 2.45) is 5.92 Å². The van der Waals surface area contributed by atoms with Gasteiger partial charge in [-0.2, -0.15) is 0 Å². The van der Waals surface area contributed by atoms with E-state index in [-0.39, 0.29) is 19.0 Å². The number of hydrogen-bond donors (Lipinski definition) is 0. The molecule has 1 aromatic carbocycles. The van der Waals surface area contributed by atoms with Crippen molar-refractivity contribution < 1.29 is 19.1 Å². The minimum Gasteiger partial charge on any atom is -0.497 e. The predicted octanol–water partition coefficient (Wildman–Crippen LogP) is 1.64. The summed E-state index contributed by atoms with van der Waals surface area (Å²) in [6.07, 6.45) is 0. The SMILES string of the molecule is COc1cccc(CN2C(=O)C(=O)N(CC(C)C)C2=O)c1. The summed E-state index contributed by atoms with van der Waals surface area (Å²) in [7, 11) is 1.54. The van der Waals surface area contributed by atoms with Gasteiger partial charge in [0, 0.05) is 6.54 Å². The van der Waals surface area contributed by atoms with Gasteiger partial charge in [-0.05, 0) is 23.6 Å². The number of urea groups is 1. The molecular weight excluding hydrogens is 272 g/mol. The quantitative estimate of drug-likeness (QED) is 0.611. The van der Waals surface area contributed by atoms with Gasteiger partial charge < -0.3 is 4.74 Å². The standard InChI is InChI=1S/C15H18N2O4/c1-10(2)8-16-13(18)14(19)17(15(16)20)9-11-5-4-6-12(7-11)21-3/h4-7,10H,8-9H2,1-3H3. The molecule has 0 atom stereocenters. The molecule has 1 saturated heterocycles. The maximum absolute atomic E-state index is 12.2. The van der Waals surface area contributed by atoms with Gasteiger partial charge in [0.25, 0.3) is 0 Å². The van der Waals surface area contributed by atoms with Gasteiger partial charge in [-0.1, -0.05) is 26.0 Å². The van der Waals surface area contributed by atoms with Gasteiger partial charge in [0.2, 0.25) is 0 Å². The summed E-state index contributed by atoms with van der Waals surface area (Å²) in [4.78, 5) is 38.0. The smallest absolute Gasteiger partial charge is 0.334 e. The second-order valence-corrected chi connectivity index (χ2v) is 5.34. The van der Waals surface area contributed by atoms with E-state index in [1.165, 1.54) is 0 Å². The minimum atomic E-state index is -0.775. The predicted molar refractivity (Wildman–Crippen MR) is 75.5 cm³/mol. The maximum Gasteiger partial charge on any atom is 0.334 e. The van der Waals surface area contributed by atoms with Crippen LogP contribution in [0.25, 0.3) is 0 Å². The molecule has 1 fully saturated rings. The molecule has 21 heavy (non-hydrogen) atoms. The highest BCUT2D eigenvalue weighted by Crippen LogP contribution is 2.19. The molecular formula is C15H18N2O4. The Bertz CT molecular complexity index is 583. The molecule has 0 unspecified atom stereocenters. The Morgan fingerprint density at radius 2 is 1.76 bits per heavy atom. The van der Waals surface area contributed by atoms with Crippen LogP contribution in [-0.2, 0) is 16.1 Å². The van der Waals surface area contributed by atoms with Crippen molar-refractivity contribution in [3.8, 4) is 5.75 Å². The fraction of sp³-hybridized carbons (Fsp3) is 0.400. The van der Waals surface area contributed by atoms with E-state index in [0.29, 0.717) is 5.75 Å². The van der Waals surface area contributed by atoms with Gasteiger partial charge in [-0.3, -0.25) is 19.4 Å². The molecule has 6 heteroatoms. The summed E-state index contributed by atoms with van der Waals surface area (Å²) >= 11 is 0. The highest BCUT2D eigenvalue weighted by molar-refractivity contribution is 6.44. The van der Waals surface area contributed by atoms with Crippen LogP contribution in [0.3, 0.4) is 0 Å². The van der Waals surface area contributed by atoms with Crippen LogP contribution < -0.4 is 4.74 Å². The van der Waals surface area contributed by atoms with Gasteiger partial charge in [0.15, 0.2) is 0 Å². The lowest BCUT2D eigenvalue weighted by molar-refractivity contribution is -0.143. The molecule has 2 rings (SSSR count). The lowest BCUT2D eigenvalue weighted by Crippen LogP contribution is -2.35. The lowest BCUT2D eigenvalue weighted by Gasteiger charge is -2.17. The molecule has 112 valence electrons. The first-order valence-electron chi connectivity index (χ1n) is 6.74. The summed E-state index contributed by atoms with van der Waals surface area (Å²) in [5.41, 5.74) is 0.732. The molecule has 0 saturated carbocycles. The van der Waals surface area contributed by atoms with Crippen molar-refractivity contribution in [1.82, 2.24) is 9.80 Å². The molecule has 1 aliphatic rings. The topological polar surface area (TPSA) is 66.9 Å². The zero-order chi connectivity index (χ0) is 15.6. The number of amides is 4. The Morgan fingerprint density at radius 3 is 2.38 bits per heavy atom. The van der Waals surface area contributed by atoms with Crippen LogP contribution in [0.4, 0.5) is 4.79 Å². The van der Waals surface area contributed by atoms with Crippen molar-refractivity contribution in [2.75, 3.05) is 13.7 Å². The largest absolute Gasteiger partial charge is 0.497 e. The van der Waals surface area contributed by atoms with E-state index in [0.717, 1.165) is 15.4 Å². The van der Waals surface area contributed by atoms with E-state index in [1.54, 1.807) is 31.4 Å². The number of carbonyl (C=O) groups excluding carboxylic acids is 3. The molecule has 0 aromatic heterocycles. The first-order chi connectivity index (χ1) is 9.93. The van der Waals surface area contributed by atoms with Crippen LogP contribution in [0.1, 0.15) is 19.4 Å². The summed E-state index contributed by atoms with van der Waals surface area (Å²) in [5, 5.41) is 0. The van der Waals surface area contributed by atoms with E-state index < -0.39 is 17.8 Å². The van der Waals surface area contributed by atoms with Crippen molar-refractivity contribution in [3.05, 3.63) is 29.8 Å². The monoisotopic (exact) mass is 290 g/mol. The fourth-order valence-electron chi connectivity index (χ4n) is 2.17. The second kappa shape index (κ2) is 5.95. The molecule has 0 N–H and O–H groups in total. The number of imide groups is 2. The Labute approximate surface area is 123 Å². The summed E-state index contributed by atoms with van der Waals surface area (Å²) in [5.74, 6) is -0.778. The zero-order valence-electron chi connectivity index (χ0n) is 12.3. The van der Waals surface area contributed by atoms with Crippen molar-refractivity contribution >= 4 is 17.8 Å². The average molecular weight is 290 g/mol. The molecule has 1 aromatic rings. The van der Waals surface area contributed by atoms with Crippen LogP contribution in [0.15, 0.2) is 24.3 Å². The third-order valence-corrected chi connectivity index (χ3v) is 3.16. The van der Waals surface area contributed by atoms with Crippen LogP contribution in [0.5, 0.6) is 5.75 Å². The van der Waals surface area contributed by atoms with Crippen molar-refractivity contribution in [2.45, 2.75) is 20.4 Å². The fourth-order valence-corrected chi connectivity index (χ4v) is 2.17. The van der Waals surface area contributed by atoms with Crippen molar-refractivity contribution in [1.29, 1.82) is 0 Å². The van der Waals surface area contributed by atoms with E-state index in [1.807, 2.05) is 13.8 Å². The summed E-state index contributed by atoms with van der Waals surface area (Å²) in [6.45, 7) is 4.08. The van der Waals surface area contributed by atoms with E-state index in [9.17, 15) is 14.4 Å². The molecule has 0 aliphatic carbocycles. The van der Waals surface area contributed by atoms with Crippen LogP contribution >= 0.6 is 0 Å².